The smallest absolute Gasteiger partial charge is 0.244 e. The van der Waals surface area contributed by atoms with E-state index >= 15 is 0 Å². The lowest BCUT2D eigenvalue weighted by Crippen LogP contribution is -2.50. The van der Waals surface area contributed by atoms with Crippen LogP contribution in [-0.2, 0) is 4.79 Å². The molecule has 0 bridgehead atoms. The predicted molar refractivity (Wildman–Crippen MR) is 65.3 cm³/mol. The summed E-state index contributed by atoms with van der Waals surface area (Å²) in [6, 6.07) is 1.75. The van der Waals surface area contributed by atoms with Crippen molar-refractivity contribution >= 4 is 5.91 Å². The van der Waals surface area contributed by atoms with Gasteiger partial charge in [-0.2, -0.15) is 5.10 Å². The van der Waals surface area contributed by atoms with Crippen LogP contribution in [0.1, 0.15) is 38.6 Å². The monoisotopic (exact) mass is 236 g/mol. The highest BCUT2D eigenvalue weighted by Gasteiger charge is 2.25. The van der Waals surface area contributed by atoms with Gasteiger partial charge in [0.15, 0.2) is 0 Å². The molecule has 0 saturated heterocycles. The minimum atomic E-state index is -0.279. The van der Waals surface area contributed by atoms with Gasteiger partial charge in [0.2, 0.25) is 5.91 Å². The number of carbonyl (C=O) groups excluding carboxylic acids is 1. The Kier molecular flexibility index (Phi) is 3.78. The molecule has 1 fully saturated rings. The molecule has 3 atom stereocenters. The van der Waals surface area contributed by atoms with Crippen molar-refractivity contribution in [3.63, 3.8) is 0 Å². The van der Waals surface area contributed by atoms with Crippen LogP contribution in [0.5, 0.6) is 0 Å². The molecule has 0 aliphatic heterocycles. The van der Waals surface area contributed by atoms with Gasteiger partial charge in [0.1, 0.15) is 6.04 Å². The van der Waals surface area contributed by atoms with E-state index in [0.29, 0.717) is 0 Å². The third-order valence-electron chi connectivity index (χ3n) is 3.45. The van der Waals surface area contributed by atoms with Gasteiger partial charge in [-0.1, -0.05) is 12.8 Å². The third kappa shape index (κ3) is 2.85. The van der Waals surface area contributed by atoms with Crippen molar-refractivity contribution in [2.45, 2.75) is 50.7 Å². The van der Waals surface area contributed by atoms with Crippen molar-refractivity contribution < 1.29 is 4.79 Å². The molecular formula is C12H20N4O. The maximum atomic E-state index is 12.0. The van der Waals surface area contributed by atoms with Crippen LogP contribution in [-0.4, -0.2) is 27.8 Å². The molecule has 1 aliphatic rings. The van der Waals surface area contributed by atoms with Crippen LogP contribution in [0.15, 0.2) is 18.5 Å². The van der Waals surface area contributed by atoms with E-state index in [1.165, 1.54) is 6.42 Å². The highest BCUT2D eigenvalue weighted by molar-refractivity contribution is 5.80. The molecule has 94 valence electrons. The molecule has 1 aromatic rings. The molecule has 1 aromatic heterocycles. The van der Waals surface area contributed by atoms with Gasteiger partial charge >= 0.3 is 0 Å². The summed E-state index contributed by atoms with van der Waals surface area (Å²) in [4.78, 5) is 12.0. The van der Waals surface area contributed by atoms with Crippen molar-refractivity contribution in [2.24, 2.45) is 5.73 Å². The summed E-state index contributed by atoms with van der Waals surface area (Å²) in [5.74, 6) is -0.00366. The van der Waals surface area contributed by atoms with Gasteiger partial charge in [-0.15, -0.1) is 0 Å². The average molecular weight is 236 g/mol. The first-order chi connectivity index (χ1) is 8.18. The Balaban J connectivity index is 1.92. The Labute approximate surface area is 101 Å². The molecule has 3 N–H and O–H groups in total. The summed E-state index contributed by atoms with van der Waals surface area (Å²) in [5.41, 5.74) is 6.01. The topological polar surface area (TPSA) is 72.9 Å². The van der Waals surface area contributed by atoms with Crippen molar-refractivity contribution in [1.29, 1.82) is 0 Å². The zero-order valence-electron chi connectivity index (χ0n) is 10.2. The number of aromatic nitrogens is 2. The van der Waals surface area contributed by atoms with E-state index in [2.05, 4.69) is 10.4 Å². The molecular weight excluding hydrogens is 216 g/mol. The SMILES string of the molecule is CC(C(=O)N[C@@H]1CCCC[C@H]1N)n1cccn1. The van der Waals surface area contributed by atoms with E-state index in [4.69, 9.17) is 5.73 Å². The van der Waals surface area contributed by atoms with Gasteiger partial charge in [0, 0.05) is 24.5 Å². The fourth-order valence-electron chi connectivity index (χ4n) is 2.27. The van der Waals surface area contributed by atoms with Gasteiger partial charge in [-0.05, 0) is 25.8 Å². The molecule has 1 amide bonds. The minimum Gasteiger partial charge on any atom is -0.350 e. The van der Waals surface area contributed by atoms with E-state index in [1.54, 1.807) is 17.1 Å². The lowest BCUT2D eigenvalue weighted by Gasteiger charge is -2.30. The summed E-state index contributed by atoms with van der Waals surface area (Å²) in [6.07, 6.45) is 7.78. The van der Waals surface area contributed by atoms with Crippen LogP contribution in [0.2, 0.25) is 0 Å². The van der Waals surface area contributed by atoms with Gasteiger partial charge < -0.3 is 11.1 Å². The predicted octanol–water partition coefficient (Wildman–Crippen LogP) is 0.830. The Morgan fingerprint density at radius 3 is 2.94 bits per heavy atom. The second-order valence-corrected chi connectivity index (χ2v) is 4.73. The fourth-order valence-corrected chi connectivity index (χ4v) is 2.27. The van der Waals surface area contributed by atoms with Crippen LogP contribution in [0, 0.1) is 0 Å². The number of rotatable bonds is 3. The first-order valence-corrected chi connectivity index (χ1v) is 6.23. The van der Waals surface area contributed by atoms with Crippen LogP contribution >= 0.6 is 0 Å². The Bertz CT molecular complexity index is 363. The van der Waals surface area contributed by atoms with Crippen LogP contribution in [0.25, 0.3) is 0 Å². The summed E-state index contributed by atoms with van der Waals surface area (Å²) >= 11 is 0. The van der Waals surface area contributed by atoms with Crippen LogP contribution in [0.4, 0.5) is 0 Å². The van der Waals surface area contributed by atoms with Crippen molar-refractivity contribution in [3.8, 4) is 0 Å². The van der Waals surface area contributed by atoms with Crippen molar-refractivity contribution in [3.05, 3.63) is 18.5 Å². The molecule has 1 heterocycles. The van der Waals surface area contributed by atoms with Crippen molar-refractivity contribution in [1.82, 2.24) is 15.1 Å². The summed E-state index contributed by atoms with van der Waals surface area (Å²) in [7, 11) is 0. The molecule has 1 saturated carbocycles. The third-order valence-corrected chi connectivity index (χ3v) is 3.45. The minimum absolute atomic E-state index is 0.00366. The highest BCUT2D eigenvalue weighted by Crippen LogP contribution is 2.17. The van der Waals surface area contributed by atoms with Crippen LogP contribution in [0.3, 0.4) is 0 Å². The highest BCUT2D eigenvalue weighted by atomic mass is 16.2. The van der Waals surface area contributed by atoms with Gasteiger partial charge in [-0.25, -0.2) is 0 Å². The molecule has 17 heavy (non-hydrogen) atoms. The van der Waals surface area contributed by atoms with E-state index in [9.17, 15) is 4.79 Å². The fraction of sp³-hybridized carbons (Fsp3) is 0.667. The summed E-state index contributed by atoms with van der Waals surface area (Å²) in [6.45, 7) is 1.84. The maximum Gasteiger partial charge on any atom is 0.244 e. The molecule has 0 aromatic carbocycles. The summed E-state index contributed by atoms with van der Waals surface area (Å²) < 4.78 is 1.66. The number of hydrogen-bond acceptors (Lipinski definition) is 3. The van der Waals surface area contributed by atoms with E-state index in [0.717, 1.165) is 19.3 Å². The quantitative estimate of drug-likeness (QED) is 0.816. The number of amides is 1. The largest absolute Gasteiger partial charge is 0.350 e. The number of carbonyl (C=O) groups is 1. The van der Waals surface area contributed by atoms with E-state index in [-0.39, 0.29) is 24.0 Å². The first kappa shape index (κ1) is 12.1. The normalized spacial score (nSPS) is 26.5. The van der Waals surface area contributed by atoms with E-state index < -0.39 is 0 Å². The second-order valence-electron chi connectivity index (χ2n) is 4.73. The molecule has 0 radical (unpaired) electrons. The lowest BCUT2D eigenvalue weighted by molar-refractivity contribution is -0.125. The number of nitrogens with two attached hydrogens (primary N) is 1. The summed E-state index contributed by atoms with van der Waals surface area (Å²) in [5, 5.41) is 7.11. The lowest BCUT2D eigenvalue weighted by atomic mass is 9.91. The standard InChI is InChI=1S/C12H20N4O/c1-9(16-8-4-7-14-16)12(17)15-11-6-3-2-5-10(11)13/h4,7-11H,2-3,5-6,13H2,1H3,(H,15,17)/t9?,10-,11-/m1/s1. The maximum absolute atomic E-state index is 12.0. The number of nitrogens with zero attached hydrogens (tertiary/aromatic N) is 2. The molecule has 5 heteroatoms. The first-order valence-electron chi connectivity index (χ1n) is 6.23. The zero-order valence-corrected chi connectivity index (χ0v) is 10.2. The number of nitrogens with one attached hydrogen (secondary N) is 1. The van der Waals surface area contributed by atoms with Gasteiger partial charge in [0.25, 0.3) is 0 Å². The van der Waals surface area contributed by atoms with Gasteiger partial charge in [-0.3, -0.25) is 9.48 Å². The Morgan fingerprint density at radius 2 is 2.29 bits per heavy atom. The molecule has 5 nitrogen and oxygen atoms in total. The molecule has 1 unspecified atom stereocenters. The van der Waals surface area contributed by atoms with Crippen molar-refractivity contribution in [2.75, 3.05) is 0 Å². The number of hydrogen-bond donors (Lipinski definition) is 2. The molecule has 0 spiro atoms. The van der Waals surface area contributed by atoms with Gasteiger partial charge in [0.05, 0.1) is 0 Å². The Morgan fingerprint density at radius 1 is 1.53 bits per heavy atom. The molecule has 1 aliphatic carbocycles. The Hall–Kier alpha value is -1.36. The zero-order chi connectivity index (χ0) is 12.3. The van der Waals surface area contributed by atoms with Crippen LogP contribution < -0.4 is 11.1 Å². The van der Waals surface area contributed by atoms with E-state index in [1.807, 2.05) is 13.0 Å². The molecule has 2 rings (SSSR count). The second kappa shape index (κ2) is 5.31. The average Bonchev–Trinajstić information content (AvgIpc) is 2.84.